The molecule has 36 heavy (non-hydrogen) atoms. The number of H-pyrrole nitrogens is 1. The van der Waals surface area contributed by atoms with Gasteiger partial charge in [-0.15, -0.1) is 0 Å². The first kappa shape index (κ1) is 25.2. The molecule has 0 bridgehead atoms. The Morgan fingerprint density at radius 3 is 2.36 bits per heavy atom. The fourth-order valence-electron chi connectivity index (χ4n) is 4.32. The van der Waals surface area contributed by atoms with E-state index in [0.29, 0.717) is 18.4 Å². The van der Waals surface area contributed by atoms with Crippen molar-refractivity contribution in [2.45, 2.75) is 45.1 Å². The summed E-state index contributed by atoms with van der Waals surface area (Å²) in [5, 5.41) is 21.9. The minimum Gasteiger partial charge on any atom is -0.389 e. The number of Topliss-reactive ketones (excluding diaryl/α,β-unsaturated/α-hetero) is 1. The van der Waals surface area contributed by atoms with Gasteiger partial charge in [0.2, 0.25) is 5.91 Å². The molecular formula is C26H30N6O4. The van der Waals surface area contributed by atoms with Gasteiger partial charge in [0, 0.05) is 30.1 Å². The number of aromatic nitrogens is 4. The van der Waals surface area contributed by atoms with Gasteiger partial charge < -0.3 is 15.7 Å². The van der Waals surface area contributed by atoms with E-state index in [2.05, 4.69) is 30.8 Å². The molecule has 10 heteroatoms. The molecule has 0 spiro atoms. The zero-order chi connectivity index (χ0) is 25.7. The van der Waals surface area contributed by atoms with E-state index >= 15 is 0 Å². The Balaban J connectivity index is 1.40. The highest BCUT2D eigenvalue weighted by atomic mass is 16.3. The van der Waals surface area contributed by atoms with E-state index in [4.69, 9.17) is 0 Å². The molecule has 1 aliphatic carbocycles. The van der Waals surface area contributed by atoms with Crippen molar-refractivity contribution in [1.29, 1.82) is 0 Å². The Bertz CT molecular complexity index is 1200. The molecule has 2 aromatic heterocycles. The zero-order valence-electron chi connectivity index (χ0n) is 20.3. The lowest BCUT2D eigenvalue weighted by atomic mass is 9.75. The third-order valence-corrected chi connectivity index (χ3v) is 6.24. The summed E-state index contributed by atoms with van der Waals surface area (Å²) >= 11 is 0. The number of carbonyl (C=O) groups is 3. The molecule has 0 aliphatic heterocycles. The SMILES string of the molecule is CC(C)(O)CNC(=O)c1cnc(NC(=O)[C@@H]2CCCC[C@H]2C(=O)c2ccc(-c3ccn[nH]3)cc2)cn1. The molecule has 4 N–H and O–H groups in total. The normalized spacial score (nSPS) is 17.9. The number of amides is 2. The Hall–Kier alpha value is -3.92. The lowest BCUT2D eigenvalue weighted by Crippen LogP contribution is -2.38. The second kappa shape index (κ2) is 10.8. The second-order valence-electron chi connectivity index (χ2n) is 9.68. The number of carbonyl (C=O) groups excluding carboxylic acids is 3. The number of nitrogens with zero attached hydrogens (tertiary/aromatic N) is 3. The molecule has 0 saturated heterocycles. The average Bonchev–Trinajstić information content (AvgIpc) is 3.42. The summed E-state index contributed by atoms with van der Waals surface area (Å²) in [5.41, 5.74) is 1.39. The lowest BCUT2D eigenvalue weighted by molar-refractivity contribution is -0.122. The van der Waals surface area contributed by atoms with Gasteiger partial charge in [-0.25, -0.2) is 9.97 Å². The number of anilines is 1. The molecule has 3 aromatic rings. The quantitative estimate of drug-likeness (QED) is 0.355. The van der Waals surface area contributed by atoms with Crippen LogP contribution in [0.4, 0.5) is 5.82 Å². The van der Waals surface area contributed by atoms with E-state index in [1.165, 1.54) is 12.4 Å². The van der Waals surface area contributed by atoms with Crippen molar-refractivity contribution in [1.82, 2.24) is 25.5 Å². The molecule has 1 fully saturated rings. The van der Waals surface area contributed by atoms with Crippen LogP contribution in [-0.4, -0.2) is 55.0 Å². The van der Waals surface area contributed by atoms with Crippen LogP contribution in [0.15, 0.2) is 48.9 Å². The Morgan fingerprint density at radius 1 is 1.03 bits per heavy atom. The Labute approximate surface area is 208 Å². The van der Waals surface area contributed by atoms with E-state index in [0.717, 1.165) is 24.1 Å². The van der Waals surface area contributed by atoms with E-state index in [1.807, 2.05) is 18.2 Å². The molecule has 188 valence electrons. The highest BCUT2D eigenvalue weighted by Gasteiger charge is 2.36. The van der Waals surface area contributed by atoms with E-state index in [1.54, 1.807) is 32.2 Å². The molecule has 2 atom stereocenters. The summed E-state index contributed by atoms with van der Waals surface area (Å²) in [7, 11) is 0. The van der Waals surface area contributed by atoms with Gasteiger partial charge in [0.05, 0.1) is 23.7 Å². The van der Waals surface area contributed by atoms with Gasteiger partial charge in [0.15, 0.2) is 11.6 Å². The highest BCUT2D eigenvalue weighted by molar-refractivity contribution is 6.03. The van der Waals surface area contributed by atoms with Gasteiger partial charge in [-0.2, -0.15) is 5.10 Å². The molecule has 4 rings (SSSR count). The molecule has 1 aliphatic rings. The second-order valence-corrected chi connectivity index (χ2v) is 9.68. The minimum atomic E-state index is -1.05. The van der Waals surface area contributed by atoms with Crippen LogP contribution in [-0.2, 0) is 4.79 Å². The third kappa shape index (κ3) is 6.19. The molecule has 1 saturated carbocycles. The average molecular weight is 491 g/mol. The number of benzene rings is 1. The van der Waals surface area contributed by atoms with Crippen molar-refractivity contribution in [2.75, 3.05) is 11.9 Å². The van der Waals surface area contributed by atoms with E-state index < -0.39 is 23.3 Å². The van der Waals surface area contributed by atoms with Crippen molar-refractivity contribution in [2.24, 2.45) is 11.8 Å². The summed E-state index contributed by atoms with van der Waals surface area (Å²) in [6.45, 7) is 3.23. The molecule has 0 radical (unpaired) electrons. The Kier molecular flexibility index (Phi) is 7.54. The van der Waals surface area contributed by atoms with Gasteiger partial charge in [0.1, 0.15) is 5.69 Å². The summed E-state index contributed by atoms with van der Waals surface area (Å²) < 4.78 is 0. The van der Waals surface area contributed by atoms with Crippen LogP contribution in [0.3, 0.4) is 0 Å². The van der Waals surface area contributed by atoms with Crippen molar-refractivity contribution in [3.8, 4) is 11.3 Å². The van der Waals surface area contributed by atoms with Crippen LogP contribution in [0.5, 0.6) is 0 Å². The number of hydrogen-bond donors (Lipinski definition) is 4. The van der Waals surface area contributed by atoms with Crippen LogP contribution in [0.1, 0.15) is 60.4 Å². The first-order valence-corrected chi connectivity index (χ1v) is 12.0. The number of aliphatic hydroxyl groups is 1. The first-order valence-electron chi connectivity index (χ1n) is 12.0. The number of hydrogen-bond acceptors (Lipinski definition) is 7. The Morgan fingerprint density at radius 2 is 1.75 bits per heavy atom. The topological polar surface area (TPSA) is 150 Å². The standard InChI is InChI=1S/C26H30N6O4/c1-26(2,36)15-29-25(35)21-13-28-22(14-27-21)31-24(34)19-6-4-3-5-18(19)23(33)17-9-7-16(8-10-17)20-11-12-30-32-20/h7-14,18-19,36H,3-6,15H2,1-2H3,(H,29,35)(H,30,32)(H,28,31,34)/t18-,19-/m1/s1. The highest BCUT2D eigenvalue weighted by Crippen LogP contribution is 2.34. The van der Waals surface area contributed by atoms with Gasteiger partial charge in [-0.1, -0.05) is 37.1 Å². The van der Waals surface area contributed by atoms with Crippen molar-refractivity contribution < 1.29 is 19.5 Å². The lowest BCUT2D eigenvalue weighted by Gasteiger charge is -2.29. The van der Waals surface area contributed by atoms with Crippen molar-refractivity contribution in [3.05, 3.63) is 60.2 Å². The van der Waals surface area contributed by atoms with Crippen LogP contribution >= 0.6 is 0 Å². The molecule has 10 nitrogen and oxygen atoms in total. The van der Waals surface area contributed by atoms with E-state index in [9.17, 15) is 19.5 Å². The monoisotopic (exact) mass is 490 g/mol. The van der Waals surface area contributed by atoms with Gasteiger partial charge in [-0.3, -0.25) is 19.5 Å². The fraction of sp³-hybridized carbons (Fsp3) is 0.385. The number of rotatable bonds is 8. The maximum absolute atomic E-state index is 13.3. The first-order chi connectivity index (χ1) is 17.2. The number of aromatic amines is 1. The van der Waals surface area contributed by atoms with Gasteiger partial charge in [0.25, 0.3) is 5.91 Å². The zero-order valence-corrected chi connectivity index (χ0v) is 20.3. The maximum Gasteiger partial charge on any atom is 0.271 e. The predicted octanol–water partition coefficient (Wildman–Crippen LogP) is 3.00. The maximum atomic E-state index is 13.3. The molecule has 1 aromatic carbocycles. The molecule has 2 heterocycles. The smallest absolute Gasteiger partial charge is 0.271 e. The summed E-state index contributed by atoms with van der Waals surface area (Å²) in [6.07, 6.45) is 7.26. The summed E-state index contributed by atoms with van der Waals surface area (Å²) in [5.74, 6) is -1.49. The third-order valence-electron chi connectivity index (χ3n) is 6.24. The molecule has 0 unspecified atom stereocenters. The molecule has 2 amide bonds. The predicted molar refractivity (Wildman–Crippen MR) is 133 cm³/mol. The van der Waals surface area contributed by atoms with Gasteiger partial charge >= 0.3 is 0 Å². The largest absolute Gasteiger partial charge is 0.389 e. The summed E-state index contributed by atoms with van der Waals surface area (Å²) in [4.78, 5) is 46.8. The van der Waals surface area contributed by atoms with E-state index in [-0.39, 0.29) is 29.7 Å². The summed E-state index contributed by atoms with van der Waals surface area (Å²) in [6, 6.07) is 9.17. The van der Waals surface area contributed by atoms with Gasteiger partial charge in [-0.05, 0) is 38.3 Å². The number of ketones is 1. The minimum absolute atomic E-state index is 0.0454. The van der Waals surface area contributed by atoms with Crippen LogP contribution in [0, 0.1) is 11.8 Å². The van der Waals surface area contributed by atoms with Crippen LogP contribution < -0.4 is 10.6 Å². The van der Waals surface area contributed by atoms with Crippen LogP contribution in [0.2, 0.25) is 0 Å². The molecular weight excluding hydrogens is 460 g/mol. The fourth-order valence-corrected chi connectivity index (χ4v) is 4.32. The number of nitrogens with one attached hydrogen (secondary N) is 3. The van der Waals surface area contributed by atoms with Crippen molar-refractivity contribution >= 4 is 23.4 Å². The van der Waals surface area contributed by atoms with Crippen LogP contribution in [0.25, 0.3) is 11.3 Å². The van der Waals surface area contributed by atoms with Crippen molar-refractivity contribution in [3.63, 3.8) is 0 Å².